The molecule has 3 aromatic carbocycles. The number of para-hydroxylation sites is 1. The number of ether oxygens (including phenoxy) is 3. The predicted octanol–water partition coefficient (Wildman–Crippen LogP) is 4.65. The molecule has 152 valence electrons. The molecule has 0 saturated heterocycles. The van der Waals surface area contributed by atoms with Crippen molar-refractivity contribution < 1.29 is 14.2 Å². The molecular formula is C23H22N4O3. The lowest BCUT2D eigenvalue weighted by atomic mass is 10.1. The number of nitrogen functional groups attached to an aromatic ring is 1. The molecule has 0 radical (unpaired) electrons. The molecule has 4 aromatic rings. The van der Waals surface area contributed by atoms with E-state index in [-0.39, 0.29) is 0 Å². The number of rotatable bonds is 6. The van der Waals surface area contributed by atoms with Gasteiger partial charge in [0.05, 0.1) is 38.2 Å². The molecule has 0 fully saturated rings. The number of nitrogens with one attached hydrogen (secondary N) is 1. The highest BCUT2D eigenvalue weighted by Gasteiger charge is 2.13. The maximum atomic E-state index is 6.12. The maximum Gasteiger partial charge on any atom is 0.228 e. The molecule has 7 heteroatoms. The lowest BCUT2D eigenvalue weighted by Crippen LogP contribution is -2.01. The number of fused-ring (bicyclic) bond motifs is 1. The first-order chi connectivity index (χ1) is 14.6. The molecule has 3 N–H and O–H groups in total. The van der Waals surface area contributed by atoms with E-state index in [4.69, 9.17) is 24.9 Å². The molecule has 0 unspecified atom stereocenters. The zero-order valence-corrected chi connectivity index (χ0v) is 17.0. The lowest BCUT2D eigenvalue weighted by Gasteiger charge is -2.13. The Balaban J connectivity index is 1.80. The Morgan fingerprint density at radius 3 is 2.23 bits per heavy atom. The third-order valence-corrected chi connectivity index (χ3v) is 4.75. The molecule has 0 atom stereocenters. The van der Waals surface area contributed by atoms with Crippen LogP contribution in [0.2, 0.25) is 0 Å². The zero-order valence-electron chi connectivity index (χ0n) is 17.0. The molecule has 0 saturated carbocycles. The average Bonchev–Trinajstić information content (AvgIpc) is 2.78. The summed E-state index contributed by atoms with van der Waals surface area (Å²) in [6.07, 6.45) is 0. The third kappa shape index (κ3) is 3.65. The van der Waals surface area contributed by atoms with Gasteiger partial charge in [0.2, 0.25) is 5.95 Å². The Morgan fingerprint density at radius 2 is 1.50 bits per heavy atom. The smallest absolute Gasteiger partial charge is 0.228 e. The first-order valence-electron chi connectivity index (χ1n) is 9.32. The van der Waals surface area contributed by atoms with Crippen LogP contribution in [-0.2, 0) is 0 Å². The van der Waals surface area contributed by atoms with Crippen LogP contribution in [0.25, 0.3) is 22.2 Å². The number of nitrogens with two attached hydrogens (primary N) is 1. The predicted molar refractivity (Wildman–Crippen MR) is 119 cm³/mol. The SMILES string of the molecule is COc1ccc(-c2nc(Nc3ccc(OC)c(OC)c3)nc3ccccc23)cc1N. The van der Waals surface area contributed by atoms with Crippen LogP contribution >= 0.6 is 0 Å². The second kappa shape index (κ2) is 8.16. The molecule has 0 aliphatic carbocycles. The van der Waals surface area contributed by atoms with Crippen LogP contribution in [0, 0.1) is 0 Å². The zero-order chi connectivity index (χ0) is 21.1. The molecule has 1 aromatic heterocycles. The molecule has 1 heterocycles. The van der Waals surface area contributed by atoms with Crippen molar-refractivity contribution in [3.05, 3.63) is 60.7 Å². The van der Waals surface area contributed by atoms with E-state index in [0.717, 1.165) is 27.8 Å². The molecule has 7 nitrogen and oxygen atoms in total. The minimum Gasteiger partial charge on any atom is -0.495 e. The van der Waals surface area contributed by atoms with Gasteiger partial charge in [0.1, 0.15) is 5.75 Å². The summed E-state index contributed by atoms with van der Waals surface area (Å²) >= 11 is 0. The fraction of sp³-hybridized carbons (Fsp3) is 0.130. The van der Waals surface area contributed by atoms with Crippen molar-refractivity contribution in [3.8, 4) is 28.5 Å². The summed E-state index contributed by atoms with van der Waals surface area (Å²) in [6.45, 7) is 0. The van der Waals surface area contributed by atoms with Gasteiger partial charge < -0.3 is 25.3 Å². The van der Waals surface area contributed by atoms with Gasteiger partial charge in [-0.2, -0.15) is 0 Å². The number of hydrogen-bond donors (Lipinski definition) is 2. The van der Waals surface area contributed by atoms with Crippen LogP contribution in [0.3, 0.4) is 0 Å². The normalized spacial score (nSPS) is 10.6. The first-order valence-corrected chi connectivity index (χ1v) is 9.32. The first kappa shape index (κ1) is 19.3. The Hall–Kier alpha value is -4.00. The van der Waals surface area contributed by atoms with Gasteiger partial charge in [-0.1, -0.05) is 18.2 Å². The van der Waals surface area contributed by atoms with Crippen LogP contribution < -0.4 is 25.3 Å². The fourth-order valence-corrected chi connectivity index (χ4v) is 3.28. The number of aromatic nitrogens is 2. The number of nitrogens with zero attached hydrogens (tertiary/aromatic N) is 2. The molecule has 0 aliphatic rings. The number of anilines is 3. The summed E-state index contributed by atoms with van der Waals surface area (Å²) in [7, 11) is 4.79. The van der Waals surface area contributed by atoms with E-state index in [1.807, 2.05) is 60.7 Å². The quantitative estimate of drug-likeness (QED) is 0.454. The summed E-state index contributed by atoms with van der Waals surface area (Å²) < 4.78 is 16.0. The monoisotopic (exact) mass is 402 g/mol. The minimum absolute atomic E-state index is 0.463. The van der Waals surface area contributed by atoms with Crippen molar-refractivity contribution in [3.63, 3.8) is 0 Å². The Labute approximate surface area is 174 Å². The van der Waals surface area contributed by atoms with E-state index in [9.17, 15) is 0 Å². The highest BCUT2D eigenvalue weighted by molar-refractivity contribution is 5.94. The highest BCUT2D eigenvalue weighted by atomic mass is 16.5. The van der Waals surface area contributed by atoms with Crippen LogP contribution in [0.5, 0.6) is 17.2 Å². The van der Waals surface area contributed by atoms with E-state index < -0.39 is 0 Å². The van der Waals surface area contributed by atoms with Crippen molar-refractivity contribution in [2.45, 2.75) is 0 Å². The van der Waals surface area contributed by atoms with Gasteiger partial charge in [-0.15, -0.1) is 0 Å². The van der Waals surface area contributed by atoms with Crippen LogP contribution in [0.1, 0.15) is 0 Å². The molecule has 0 bridgehead atoms. The Kier molecular flexibility index (Phi) is 5.26. The Bertz CT molecular complexity index is 1210. The molecule has 0 aliphatic heterocycles. The summed E-state index contributed by atoms with van der Waals surface area (Å²) in [5, 5.41) is 4.19. The van der Waals surface area contributed by atoms with Gasteiger partial charge in [-0.3, -0.25) is 0 Å². The third-order valence-electron chi connectivity index (χ3n) is 4.75. The highest BCUT2D eigenvalue weighted by Crippen LogP contribution is 2.34. The van der Waals surface area contributed by atoms with Gasteiger partial charge in [0.15, 0.2) is 11.5 Å². The van der Waals surface area contributed by atoms with Gasteiger partial charge in [0, 0.05) is 22.7 Å². The summed E-state index contributed by atoms with van der Waals surface area (Å²) in [5.74, 6) is 2.36. The summed E-state index contributed by atoms with van der Waals surface area (Å²) in [6, 6.07) is 19.0. The van der Waals surface area contributed by atoms with E-state index in [1.165, 1.54) is 0 Å². The summed E-state index contributed by atoms with van der Waals surface area (Å²) in [4.78, 5) is 9.43. The maximum absolute atomic E-state index is 6.12. The standard InChI is InChI=1S/C23H22N4O3/c1-28-19-10-8-14(12-17(19)24)22-16-6-4-5-7-18(16)26-23(27-22)25-15-9-11-20(29-2)21(13-15)30-3/h4-13H,24H2,1-3H3,(H,25,26,27). The van der Waals surface area contributed by atoms with Crippen molar-refractivity contribution >= 4 is 28.2 Å². The van der Waals surface area contributed by atoms with Crippen molar-refractivity contribution in [1.29, 1.82) is 0 Å². The van der Waals surface area contributed by atoms with Gasteiger partial charge in [-0.05, 0) is 36.4 Å². The van der Waals surface area contributed by atoms with Gasteiger partial charge >= 0.3 is 0 Å². The minimum atomic E-state index is 0.463. The molecule has 0 amide bonds. The van der Waals surface area contributed by atoms with Crippen molar-refractivity contribution in [2.75, 3.05) is 32.4 Å². The van der Waals surface area contributed by atoms with Crippen LogP contribution in [0.15, 0.2) is 60.7 Å². The largest absolute Gasteiger partial charge is 0.495 e. The molecule has 0 spiro atoms. The Morgan fingerprint density at radius 1 is 0.767 bits per heavy atom. The van der Waals surface area contributed by atoms with E-state index in [1.54, 1.807) is 21.3 Å². The van der Waals surface area contributed by atoms with Crippen molar-refractivity contribution in [2.24, 2.45) is 0 Å². The van der Waals surface area contributed by atoms with E-state index in [0.29, 0.717) is 28.9 Å². The fourth-order valence-electron chi connectivity index (χ4n) is 3.28. The van der Waals surface area contributed by atoms with Crippen LogP contribution in [0.4, 0.5) is 17.3 Å². The number of methoxy groups -OCH3 is 3. The number of hydrogen-bond acceptors (Lipinski definition) is 7. The van der Waals surface area contributed by atoms with Crippen molar-refractivity contribution in [1.82, 2.24) is 9.97 Å². The van der Waals surface area contributed by atoms with Gasteiger partial charge in [0.25, 0.3) is 0 Å². The second-order valence-corrected chi connectivity index (χ2v) is 6.56. The van der Waals surface area contributed by atoms with Gasteiger partial charge in [-0.25, -0.2) is 9.97 Å². The van der Waals surface area contributed by atoms with E-state index in [2.05, 4.69) is 10.3 Å². The topological polar surface area (TPSA) is 91.5 Å². The van der Waals surface area contributed by atoms with E-state index >= 15 is 0 Å². The molecular weight excluding hydrogens is 380 g/mol. The molecule has 4 rings (SSSR count). The second-order valence-electron chi connectivity index (χ2n) is 6.56. The lowest BCUT2D eigenvalue weighted by molar-refractivity contribution is 0.355. The molecule has 30 heavy (non-hydrogen) atoms. The number of benzene rings is 3. The average molecular weight is 402 g/mol. The van der Waals surface area contributed by atoms with Crippen LogP contribution in [-0.4, -0.2) is 31.3 Å². The summed E-state index contributed by atoms with van der Waals surface area (Å²) in [5.41, 5.74) is 9.93.